The first-order valence-electron chi connectivity index (χ1n) is 11.5. The lowest BCUT2D eigenvalue weighted by Crippen LogP contribution is -2.53. The molecule has 1 heterocycles. The molecule has 3 atom stereocenters. The molecular formula is C26H37FN2O2. The van der Waals surface area contributed by atoms with E-state index < -0.39 is 0 Å². The number of rotatable bonds is 7. The number of allylic oxidation sites excluding steroid dienone is 4. The minimum Gasteiger partial charge on any atom is -0.392 e. The summed E-state index contributed by atoms with van der Waals surface area (Å²) < 4.78 is 13.4. The number of hydrogen-bond acceptors (Lipinski definition) is 3. The van der Waals surface area contributed by atoms with E-state index in [-0.39, 0.29) is 29.8 Å². The predicted octanol–water partition coefficient (Wildman–Crippen LogP) is 4.71. The minimum atomic E-state index is -0.119. The monoisotopic (exact) mass is 428 g/mol. The van der Waals surface area contributed by atoms with Crippen LogP contribution >= 0.6 is 0 Å². The molecule has 1 aromatic rings. The normalized spacial score (nSPS) is 24.7. The molecule has 1 saturated heterocycles. The molecule has 2 N–H and O–H groups in total. The third-order valence-electron chi connectivity index (χ3n) is 6.94. The van der Waals surface area contributed by atoms with Crippen molar-refractivity contribution in [3.8, 4) is 0 Å². The highest BCUT2D eigenvalue weighted by Gasteiger charge is 2.40. The molecule has 1 aliphatic carbocycles. The van der Waals surface area contributed by atoms with Crippen LogP contribution in [0.15, 0.2) is 48.3 Å². The number of nitrogens with one attached hydrogen (secondary N) is 1. The van der Waals surface area contributed by atoms with Gasteiger partial charge in [0.2, 0.25) is 0 Å². The number of carbonyl (C=O) groups excluding carboxylic acids is 1. The average Bonchev–Trinajstić information content (AvgIpc) is 2.73. The molecule has 0 spiro atoms. The van der Waals surface area contributed by atoms with Crippen LogP contribution in [0, 0.1) is 23.2 Å². The van der Waals surface area contributed by atoms with E-state index in [1.165, 1.54) is 0 Å². The van der Waals surface area contributed by atoms with Gasteiger partial charge in [-0.25, -0.2) is 4.39 Å². The van der Waals surface area contributed by atoms with Crippen molar-refractivity contribution in [1.29, 1.82) is 0 Å². The smallest absolute Gasteiger partial charge is 0.251 e. The van der Waals surface area contributed by atoms with Crippen molar-refractivity contribution < 1.29 is 14.3 Å². The van der Waals surface area contributed by atoms with Gasteiger partial charge in [0.1, 0.15) is 5.83 Å². The first-order valence-corrected chi connectivity index (χ1v) is 11.5. The Kier molecular flexibility index (Phi) is 7.71. The van der Waals surface area contributed by atoms with E-state index in [1.807, 2.05) is 6.07 Å². The number of piperidine rings is 1. The van der Waals surface area contributed by atoms with E-state index in [4.69, 9.17) is 0 Å². The fraction of sp³-hybridized carbons (Fsp3) is 0.577. The molecular weight excluding hydrogens is 391 g/mol. The number of carbonyl (C=O) groups is 1. The maximum Gasteiger partial charge on any atom is 0.251 e. The summed E-state index contributed by atoms with van der Waals surface area (Å²) in [7, 11) is 0. The number of hydrogen-bond donors (Lipinski definition) is 2. The van der Waals surface area contributed by atoms with Crippen molar-refractivity contribution in [2.24, 2.45) is 23.2 Å². The highest BCUT2D eigenvalue weighted by Crippen LogP contribution is 2.42. The summed E-state index contributed by atoms with van der Waals surface area (Å²) in [5.74, 6) is 1.02. The topological polar surface area (TPSA) is 52.6 Å². The van der Waals surface area contributed by atoms with Gasteiger partial charge in [-0.3, -0.25) is 4.79 Å². The number of aliphatic hydroxyl groups excluding tert-OH is 1. The van der Waals surface area contributed by atoms with Crippen LogP contribution in [0.2, 0.25) is 0 Å². The summed E-state index contributed by atoms with van der Waals surface area (Å²) >= 11 is 0. The van der Waals surface area contributed by atoms with Crippen molar-refractivity contribution in [1.82, 2.24) is 10.2 Å². The van der Waals surface area contributed by atoms with Crippen molar-refractivity contribution in [2.75, 3.05) is 19.6 Å². The number of benzene rings is 1. The van der Waals surface area contributed by atoms with E-state index in [0.717, 1.165) is 38.0 Å². The molecule has 0 bridgehead atoms. The van der Waals surface area contributed by atoms with Gasteiger partial charge in [-0.05, 0) is 72.4 Å². The standard InChI is InChI=1S/C26H37FN2O2/c1-18(2)24(28-25(31)21-7-5-6-19(14-21)16-30)15-29-13-12-23(26(3,4)17-29)20-8-10-22(27)11-9-20/h5-8,10-11,14,18,20,23-24,30H,9,12-13,15-17H2,1-4H3,(H,28,31)/t20?,23?,24-/m0/s1. The molecule has 1 aliphatic heterocycles. The van der Waals surface area contributed by atoms with E-state index >= 15 is 0 Å². The zero-order valence-electron chi connectivity index (χ0n) is 19.3. The lowest BCUT2D eigenvalue weighted by molar-refractivity contribution is 0.0249. The Morgan fingerprint density at radius 2 is 2.13 bits per heavy atom. The minimum absolute atomic E-state index is 0.0456. The molecule has 1 fully saturated rings. The summed E-state index contributed by atoms with van der Waals surface area (Å²) in [6.45, 7) is 11.6. The Morgan fingerprint density at radius 3 is 2.74 bits per heavy atom. The van der Waals surface area contributed by atoms with E-state index in [0.29, 0.717) is 23.3 Å². The molecule has 2 aliphatic rings. The van der Waals surface area contributed by atoms with E-state index in [1.54, 1.807) is 30.4 Å². The number of nitrogens with zero attached hydrogens (tertiary/aromatic N) is 1. The van der Waals surface area contributed by atoms with Gasteiger partial charge in [-0.1, -0.05) is 45.9 Å². The summed E-state index contributed by atoms with van der Waals surface area (Å²) in [5.41, 5.74) is 1.44. The van der Waals surface area contributed by atoms with Crippen LogP contribution in [0.1, 0.15) is 56.5 Å². The number of halogens is 1. The van der Waals surface area contributed by atoms with Crippen molar-refractivity contribution in [3.63, 3.8) is 0 Å². The van der Waals surface area contributed by atoms with Gasteiger partial charge < -0.3 is 15.3 Å². The molecule has 2 unspecified atom stereocenters. The highest BCUT2D eigenvalue weighted by atomic mass is 19.1. The van der Waals surface area contributed by atoms with Crippen LogP contribution in [-0.2, 0) is 6.61 Å². The van der Waals surface area contributed by atoms with E-state index in [2.05, 4.69) is 44.0 Å². The lowest BCUT2D eigenvalue weighted by Gasteiger charge is -2.48. The first-order chi connectivity index (χ1) is 14.7. The SMILES string of the molecule is CC(C)[C@H](CN1CCC(C2C=CC(F)=CC2)C(C)(C)C1)NC(=O)c1cccc(CO)c1. The third-order valence-corrected chi connectivity index (χ3v) is 6.94. The Balaban J connectivity index is 1.62. The molecule has 3 rings (SSSR count). The van der Waals surface area contributed by atoms with Gasteiger partial charge >= 0.3 is 0 Å². The second-order valence-electron chi connectivity index (χ2n) is 10.1. The highest BCUT2D eigenvalue weighted by molar-refractivity contribution is 5.94. The van der Waals surface area contributed by atoms with Gasteiger partial charge in [-0.2, -0.15) is 0 Å². The molecule has 0 radical (unpaired) electrons. The number of amides is 1. The van der Waals surface area contributed by atoms with Crippen LogP contribution < -0.4 is 5.32 Å². The molecule has 5 heteroatoms. The van der Waals surface area contributed by atoms with Crippen molar-refractivity contribution >= 4 is 5.91 Å². The van der Waals surface area contributed by atoms with Crippen LogP contribution in [-0.4, -0.2) is 41.6 Å². The number of aliphatic hydroxyl groups is 1. The van der Waals surface area contributed by atoms with Crippen LogP contribution in [0.25, 0.3) is 0 Å². The Bertz CT molecular complexity index is 830. The maximum absolute atomic E-state index is 13.4. The fourth-order valence-electron chi connectivity index (χ4n) is 5.11. The Morgan fingerprint density at radius 1 is 1.35 bits per heavy atom. The van der Waals surface area contributed by atoms with Crippen molar-refractivity contribution in [3.05, 3.63) is 59.4 Å². The summed E-state index contributed by atoms with van der Waals surface area (Å²) in [6.07, 6.45) is 7.24. The molecule has 1 amide bonds. The Hall–Kier alpha value is -1.98. The van der Waals surface area contributed by atoms with Crippen LogP contribution in [0.5, 0.6) is 0 Å². The quantitative estimate of drug-likeness (QED) is 0.661. The predicted molar refractivity (Wildman–Crippen MR) is 123 cm³/mol. The molecule has 0 aromatic heterocycles. The van der Waals surface area contributed by atoms with Gasteiger partial charge in [0, 0.05) is 24.7 Å². The Labute approximate surface area is 186 Å². The van der Waals surface area contributed by atoms with Gasteiger partial charge in [-0.15, -0.1) is 0 Å². The largest absolute Gasteiger partial charge is 0.392 e. The lowest BCUT2D eigenvalue weighted by atomic mass is 9.66. The van der Waals surface area contributed by atoms with Crippen molar-refractivity contribution in [2.45, 2.75) is 53.2 Å². The second-order valence-corrected chi connectivity index (χ2v) is 10.1. The molecule has 170 valence electrons. The zero-order chi connectivity index (χ0) is 22.6. The zero-order valence-corrected chi connectivity index (χ0v) is 19.3. The maximum atomic E-state index is 13.4. The summed E-state index contributed by atoms with van der Waals surface area (Å²) in [5, 5.41) is 12.6. The molecule has 4 nitrogen and oxygen atoms in total. The van der Waals surface area contributed by atoms with E-state index in [9.17, 15) is 14.3 Å². The summed E-state index contributed by atoms with van der Waals surface area (Å²) in [6, 6.07) is 7.20. The molecule has 31 heavy (non-hydrogen) atoms. The first kappa shape index (κ1) is 23.7. The van der Waals surface area contributed by atoms with Crippen LogP contribution in [0.4, 0.5) is 4.39 Å². The number of likely N-dealkylation sites (tertiary alicyclic amines) is 1. The fourth-order valence-corrected chi connectivity index (χ4v) is 5.11. The molecule has 0 saturated carbocycles. The van der Waals surface area contributed by atoms with Gasteiger partial charge in [0.15, 0.2) is 0 Å². The summed E-state index contributed by atoms with van der Waals surface area (Å²) in [4.78, 5) is 15.3. The van der Waals surface area contributed by atoms with Gasteiger partial charge in [0.25, 0.3) is 5.91 Å². The van der Waals surface area contributed by atoms with Crippen LogP contribution in [0.3, 0.4) is 0 Å². The third kappa shape index (κ3) is 6.05. The average molecular weight is 429 g/mol. The second kappa shape index (κ2) is 10.1. The molecule has 1 aromatic carbocycles. The van der Waals surface area contributed by atoms with Gasteiger partial charge in [0.05, 0.1) is 6.61 Å².